The van der Waals surface area contributed by atoms with Crippen LogP contribution in [0.3, 0.4) is 0 Å². The number of halogens is 1. The van der Waals surface area contributed by atoms with Crippen molar-refractivity contribution in [1.82, 2.24) is 5.32 Å². The van der Waals surface area contributed by atoms with E-state index in [9.17, 15) is 4.79 Å². The van der Waals surface area contributed by atoms with Gasteiger partial charge >= 0.3 is 0 Å². The predicted molar refractivity (Wildman–Crippen MR) is 98.6 cm³/mol. The second kappa shape index (κ2) is 8.20. The number of carbonyl (C=O) groups excluding carboxylic acids is 1. The first-order chi connectivity index (χ1) is 11.4. The number of hydrogen-bond donors (Lipinski definition) is 1. The number of benzene rings is 2. The Labute approximate surface area is 149 Å². The first-order valence-electron chi connectivity index (χ1n) is 8.20. The second-order valence-corrected chi connectivity index (χ2v) is 6.46. The summed E-state index contributed by atoms with van der Waals surface area (Å²) in [5.74, 6) is 0.512. The topological polar surface area (TPSA) is 38.3 Å². The van der Waals surface area contributed by atoms with E-state index in [1.807, 2.05) is 19.9 Å². The van der Waals surface area contributed by atoms with E-state index in [1.54, 1.807) is 19.1 Å². The largest absolute Gasteiger partial charge is 0.481 e. The molecule has 0 heterocycles. The summed E-state index contributed by atoms with van der Waals surface area (Å²) in [5, 5.41) is 3.74. The third-order valence-electron chi connectivity index (χ3n) is 4.02. The molecule has 1 N–H and O–H groups in total. The summed E-state index contributed by atoms with van der Waals surface area (Å²) in [6.07, 6.45) is 0.242. The Kier molecular flexibility index (Phi) is 6.27. The molecule has 0 aliphatic heterocycles. The van der Waals surface area contributed by atoms with Crippen molar-refractivity contribution >= 4 is 17.5 Å². The lowest BCUT2D eigenvalue weighted by Crippen LogP contribution is -2.38. The fraction of sp³-hybridized carbons (Fsp3) is 0.350. The Balaban J connectivity index is 2.01. The number of hydrogen-bond acceptors (Lipinski definition) is 2. The van der Waals surface area contributed by atoms with E-state index in [4.69, 9.17) is 16.3 Å². The van der Waals surface area contributed by atoms with Gasteiger partial charge in [0.2, 0.25) is 0 Å². The average molecular weight is 346 g/mol. The van der Waals surface area contributed by atoms with E-state index in [2.05, 4.69) is 36.5 Å². The molecule has 2 unspecified atom stereocenters. The summed E-state index contributed by atoms with van der Waals surface area (Å²) >= 11 is 6.01. The number of carbonyl (C=O) groups is 1. The van der Waals surface area contributed by atoms with Crippen LogP contribution in [-0.2, 0) is 4.79 Å². The zero-order chi connectivity index (χ0) is 17.7. The van der Waals surface area contributed by atoms with Crippen LogP contribution in [0.2, 0.25) is 5.02 Å². The van der Waals surface area contributed by atoms with Crippen LogP contribution in [0.5, 0.6) is 5.75 Å². The predicted octanol–water partition coefficient (Wildman–Crippen LogP) is 4.99. The lowest BCUT2D eigenvalue weighted by atomic mass is 10.0. The summed E-state index contributed by atoms with van der Waals surface area (Å²) < 4.78 is 5.74. The lowest BCUT2D eigenvalue weighted by Gasteiger charge is -2.21. The second-order valence-electron chi connectivity index (χ2n) is 6.05. The van der Waals surface area contributed by atoms with E-state index in [0.717, 1.165) is 17.5 Å². The standard InChI is InChI=1S/C20H24ClNO2/c1-5-19(16-8-6-13(2)7-9-16)22-20(23)15(4)24-17-10-11-18(21)14(3)12-17/h6-12,15,19H,5H2,1-4H3,(H,22,23). The molecule has 0 fully saturated rings. The summed E-state index contributed by atoms with van der Waals surface area (Å²) in [5.41, 5.74) is 3.23. The van der Waals surface area contributed by atoms with E-state index in [1.165, 1.54) is 5.56 Å². The molecule has 0 spiro atoms. The third-order valence-corrected chi connectivity index (χ3v) is 4.44. The van der Waals surface area contributed by atoms with E-state index in [0.29, 0.717) is 10.8 Å². The molecule has 2 aromatic rings. The minimum atomic E-state index is -0.579. The monoisotopic (exact) mass is 345 g/mol. The highest BCUT2D eigenvalue weighted by Gasteiger charge is 2.19. The molecule has 1 amide bonds. The van der Waals surface area contributed by atoms with Crippen LogP contribution in [0.4, 0.5) is 0 Å². The van der Waals surface area contributed by atoms with Gasteiger partial charge in [-0.25, -0.2) is 0 Å². The van der Waals surface area contributed by atoms with Crippen LogP contribution in [0.1, 0.15) is 43.0 Å². The minimum absolute atomic E-state index is 0.0175. The maximum absolute atomic E-state index is 12.4. The highest BCUT2D eigenvalue weighted by Crippen LogP contribution is 2.22. The number of nitrogens with one attached hydrogen (secondary N) is 1. The molecule has 0 aliphatic rings. The Morgan fingerprint density at radius 1 is 1.17 bits per heavy atom. The van der Waals surface area contributed by atoms with Gasteiger partial charge in [-0.05, 0) is 56.5 Å². The molecule has 2 atom stereocenters. The molecule has 128 valence electrons. The number of amides is 1. The summed E-state index contributed by atoms with van der Waals surface area (Å²) in [4.78, 5) is 12.4. The quantitative estimate of drug-likeness (QED) is 0.800. The highest BCUT2D eigenvalue weighted by molar-refractivity contribution is 6.31. The zero-order valence-electron chi connectivity index (χ0n) is 14.6. The fourth-order valence-corrected chi connectivity index (χ4v) is 2.57. The molecule has 4 heteroatoms. The molecule has 0 saturated carbocycles. The molecule has 0 saturated heterocycles. The maximum atomic E-state index is 12.4. The van der Waals surface area contributed by atoms with Gasteiger partial charge in [0.25, 0.3) is 5.91 Å². The lowest BCUT2D eigenvalue weighted by molar-refractivity contribution is -0.128. The van der Waals surface area contributed by atoms with Crippen molar-refractivity contribution in [2.24, 2.45) is 0 Å². The Hall–Kier alpha value is -2.00. The first kappa shape index (κ1) is 18.3. The van der Waals surface area contributed by atoms with Crippen molar-refractivity contribution in [3.8, 4) is 5.75 Å². The Morgan fingerprint density at radius 3 is 2.42 bits per heavy atom. The van der Waals surface area contributed by atoms with Gasteiger partial charge < -0.3 is 10.1 Å². The van der Waals surface area contributed by atoms with Crippen molar-refractivity contribution in [2.75, 3.05) is 0 Å². The smallest absolute Gasteiger partial charge is 0.261 e. The van der Waals surface area contributed by atoms with Gasteiger partial charge in [0.15, 0.2) is 6.10 Å². The molecule has 0 radical (unpaired) electrons. The molecule has 24 heavy (non-hydrogen) atoms. The normalized spacial score (nSPS) is 13.2. The van der Waals surface area contributed by atoms with Crippen LogP contribution in [0.25, 0.3) is 0 Å². The van der Waals surface area contributed by atoms with Crippen LogP contribution < -0.4 is 10.1 Å². The van der Waals surface area contributed by atoms with Gasteiger partial charge in [-0.2, -0.15) is 0 Å². The van der Waals surface area contributed by atoms with Crippen LogP contribution in [-0.4, -0.2) is 12.0 Å². The average Bonchev–Trinajstić information content (AvgIpc) is 2.56. The molecule has 0 aliphatic carbocycles. The summed E-state index contributed by atoms with van der Waals surface area (Å²) in [6.45, 7) is 7.76. The Morgan fingerprint density at radius 2 is 1.83 bits per heavy atom. The van der Waals surface area contributed by atoms with Crippen LogP contribution in [0, 0.1) is 13.8 Å². The third kappa shape index (κ3) is 4.75. The fourth-order valence-electron chi connectivity index (χ4n) is 2.46. The van der Waals surface area contributed by atoms with Crippen LogP contribution >= 0.6 is 11.6 Å². The van der Waals surface area contributed by atoms with Gasteiger partial charge in [0, 0.05) is 5.02 Å². The highest BCUT2D eigenvalue weighted by atomic mass is 35.5. The van der Waals surface area contributed by atoms with Crippen LogP contribution in [0.15, 0.2) is 42.5 Å². The SMILES string of the molecule is CCC(NC(=O)C(C)Oc1ccc(Cl)c(C)c1)c1ccc(C)cc1. The van der Waals surface area contributed by atoms with Crippen molar-refractivity contribution in [3.63, 3.8) is 0 Å². The minimum Gasteiger partial charge on any atom is -0.481 e. The van der Waals surface area contributed by atoms with Gasteiger partial charge in [-0.1, -0.05) is 48.4 Å². The molecule has 0 bridgehead atoms. The number of ether oxygens (including phenoxy) is 1. The van der Waals surface area contributed by atoms with Gasteiger partial charge in [0.05, 0.1) is 6.04 Å². The molecular weight excluding hydrogens is 322 g/mol. The van der Waals surface area contributed by atoms with Crippen molar-refractivity contribution in [3.05, 3.63) is 64.2 Å². The van der Waals surface area contributed by atoms with E-state index in [-0.39, 0.29) is 11.9 Å². The van der Waals surface area contributed by atoms with Crippen molar-refractivity contribution in [2.45, 2.75) is 46.3 Å². The van der Waals surface area contributed by atoms with Gasteiger partial charge in [-0.3, -0.25) is 4.79 Å². The van der Waals surface area contributed by atoms with E-state index < -0.39 is 6.10 Å². The molecule has 0 aromatic heterocycles. The number of aryl methyl sites for hydroxylation is 2. The first-order valence-corrected chi connectivity index (χ1v) is 8.58. The number of rotatable bonds is 6. The van der Waals surface area contributed by atoms with Gasteiger partial charge in [0.1, 0.15) is 5.75 Å². The van der Waals surface area contributed by atoms with E-state index >= 15 is 0 Å². The molecule has 2 aromatic carbocycles. The van der Waals surface area contributed by atoms with Gasteiger partial charge in [-0.15, -0.1) is 0 Å². The molecular formula is C20H24ClNO2. The molecule has 3 nitrogen and oxygen atoms in total. The van der Waals surface area contributed by atoms with Crippen molar-refractivity contribution < 1.29 is 9.53 Å². The van der Waals surface area contributed by atoms with Crippen molar-refractivity contribution in [1.29, 1.82) is 0 Å². The zero-order valence-corrected chi connectivity index (χ0v) is 15.4. The summed E-state index contributed by atoms with van der Waals surface area (Å²) in [7, 11) is 0. The maximum Gasteiger partial charge on any atom is 0.261 e. The Bertz CT molecular complexity index is 697. The molecule has 2 rings (SSSR count). The summed E-state index contributed by atoms with van der Waals surface area (Å²) in [6, 6.07) is 13.6.